The number of rotatable bonds is 11. The molecule has 0 saturated heterocycles. The van der Waals surface area contributed by atoms with Gasteiger partial charge in [0.25, 0.3) is 0 Å². The van der Waals surface area contributed by atoms with Gasteiger partial charge in [-0.15, -0.1) is 0 Å². The van der Waals surface area contributed by atoms with Crippen LogP contribution in [0, 0.1) is 5.41 Å². The third kappa shape index (κ3) is 4.46. The van der Waals surface area contributed by atoms with Gasteiger partial charge in [0.2, 0.25) is 12.5 Å². The standard InChI is InChI=1S/C29H31NO8/c1-3-29(27(31)32,28(33)34)10-5-4-6-12-36-26-21-16-30-11-9-19-14-24-25(38-17-37-24)15-20(19)22(30)13-18(21)7-8-23(26)35-2/h7-8,13-16H,3-6,9-12,17H2,1-2H3,(H-,31,32,33,34)/p+1. The van der Waals surface area contributed by atoms with Crippen LogP contribution in [0.2, 0.25) is 0 Å². The van der Waals surface area contributed by atoms with Gasteiger partial charge in [-0.3, -0.25) is 9.59 Å². The monoisotopic (exact) mass is 522 g/mol. The van der Waals surface area contributed by atoms with Crippen molar-refractivity contribution in [3.05, 3.63) is 42.1 Å². The minimum atomic E-state index is -1.73. The number of aryl methyl sites for hydroxylation is 2. The number of hydrogen-bond acceptors (Lipinski definition) is 6. The molecule has 9 heteroatoms. The lowest BCUT2D eigenvalue weighted by atomic mass is 9.80. The van der Waals surface area contributed by atoms with Crippen molar-refractivity contribution in [1.29, 1.82) is 0 Å². The predicted octanol–water partition coefficient (Wildman–Crippen LogP) is 4.59. The number of aliphatic carboxylic acids is 2. The van der Waals surface area contributed by atoms with Crippen molar-refractivity contribution in [2.45, 2.75) is 52.0 Å². The summed E-state index contributed by atoms with van der Waals surface area (Å²) in [6.07, 6.45) is 4.94. The van der Waals surface area contributed by atoms with Crippen molar-refractivity contribution in [1.82, 2.24) is 0 Å². The number of carbonyl (C=O) groups is 2. The van der Waals surface area contributed by atoms with E-state index in [0.717, 1.165) is 46.5 Å². The van der Waals surface area contributed by atoms with Crippen LogP contribution in [0.25, 0.3) is 22.0 Å². The van der Waals surface area contributed by atoms with Crippen LogP contribution in [0.3, 0.4) is 0 Å². The third-order valence-electron chi connectivity index (χ3n) is 7.71. The summed E-state index contributed by atoms with van der Waals surface area (Å²) >= 11 is 0. The zero-order valence-electron chi connectivity index (χ0n) is 21.6. The molecule has 0 aliphatic carbocycles. The summed E-state index contributed by atoms with van der Waals surface area (Å²) in [4.78, 5) is 23.2. The van der Waals surface area contributed by atoms with Gasteiger partial charge in [-0.05, 0) is 54.5 Å². The number of ether oxygens (including phenoxy) is 4. The Hall–Kier alpha value is -4.01. The molecule has 0 saturated carbocycles. The first-order valence-electron chi connectivity index (χ1n) is 12.9. The van der Waals surface area contributed by atoms with Crippen LogP contribution >= 0.6 is 0 Å². The number of carboxylic acid groups (broad SMARTS) is 2. The highest BCUT2D eigenvalue weighted by molar-refractivity contribution is 5.98. The molecule has 0 fully saturated rings. The van der Waals surface area contributed by atoms with E-state index in [4.69, 9.17) is 18.9 Å². The number of fused-ring (bicyclic) bond motifs is 5. The van der Waals surface area contributed by atoms with Crippen LogP contribution in [0.1, 0.15) is 44.6 Å². The summed E-state index contributed by atoms with van der Waals surface area (Å²) in [5, 5.41) is 20.9. The van der Waals surface area contributed by atoms with Gasteiger partial charge in [0.1, 0.15) is 0 Å². The predicted molar refractivity (Wildman–Crippen MR) is 138 cm³/mol. The number of aromatic nitrogens is 1. The van der Waals surface area contributed by atoms with E-state index in [9.17, 15) is 19.8 Å². The van der Waals surface area contributed by atoms with E-state index >= 15 is 0 Å². The normalized spacial score (nSPS) is 13.6. The maximum atomic E-state index is 11.6. The fourth-order valence-corrected chi connectivity index (χ4v) is 5.37. The van der Waals surface area contributed by atoms with Gasteiger partial charge in [-0.2, -0.15) is 4.57 Å². The number of nitrogens with zero attached hydrogens (tertiary/aromatic N) is 1. The Labute approximate surface area is 220 Å². The number of carboxylic acids is 2. The minimum absolute atomic E-state index is 0.0527. The average Bonchev–Trinajstić information content (AvgIpc) is 3.37. The van der Waals surface area contributed by atoms with Crippen LogP contribution in [0.15, 0.2) is 36.5 Å². The molecule has 2 aromatic carbocycles. The summed E-state index contributed by atoms with van der Waals surface area (Å²) in [6.45, 7) is 3.07. The molecule has 1 aromatic heterocycles. The van der Waals surface area contributed by atoms with Gasteiger partial charge in [-0.1, -0.05) is 19.8 Å². The second-order valence-corrected chi connectivity index (χ2v) is 9.77. The van der Waals surface area contributed by atoms with Crippen LogP contribution in [-0.2, 0) is 22.6 Å². The van der Waals surface area contributed by atoms with Crippen molar-refractivity contribution in [3.63, 3.8) is 0 Å². The lowest BCUT2D eigenvalue weighted by Crippen LogP contribution is -2.40. The van der Waals surface area contributed by atoms with E-state index in [-0.39, 0.29) is 19.6 Å². The molecule has 2 aliphatic heterocycles. The first kappa shape index (κ1) is 25.6. The highest BCUT2D eigenvalue weighted by atomic mass is 16.7. The molecule has 0 radical (unpaired) electrons. The van der Waals surface area contributed by atoms with Crippen LogP contribution in [-0.4, -0.2) is 42.7 Å². The Morgan fingerprint density at radius 3 is 2.53 bits per heavy atom. The number of hydrogen-bond donors (Lipinski definition) is 2. The van der Waals surface area contributed by atoms with Gasteiger partial charge >= 0.3 is 11.9 Å². The topological polar surface area (TPSA) is 115 Å². The van der Waals surface area contributed by atoms with Gasteiger partial charge in [0.15, 0.2) is 41.2 Å². The molecular weight excluding hydrogens is 490 g/mol. The maximum absolute atomic E-state index is 11.6. The van der Waals surface area contributed by atoms with E-state index < -0.39 is 17.4 Å². The molecule has 2 N–H and O–H groups in total. The van der Waals surface area contributed by atoms with Crippen LogP contribution in [0.4, 0.5) is 0 Å². The van der Waals surface area contributed by atoms with E-state index in [2.05, 4.69) is 29.0 Å². The molecule has 9 nitrogen and oxygen atoms in total. The van der Waals surface area contributed by atoms with E-state index in [0.29, 0.717) is 37.4 Å². The lowest BCUT2D eigenvalue weighted by Gasteiger charge is -2.23. The fourth-order valence-electron chi connectivity index (χ4n) is 5.37. The maximum Gasteiger partial charge on any atom is 0.321 e. The van der Waals surface area contributed by atoms with E-state index in [1.54, 1.807) is 14.0 Å². The number of methoxy groups -OCH3 is 1. The van der Waals surface area contributed by atoms with Crippen LogP contribution in [0.5, 0.6) is 23.0 Å². The number of unbranched alkanes of at least 4 members (excludes halogenated alkanes) is 2. The molecule has 2 aliphatic rings. The van der Waals surface area contributed by atoms with Gasteiger partial charge in [0, 0.05) is 12.5 Å². The summed E-state index contributed by atoms with van der Waals surface area (Å²) in [5.41, 5.74) is 1.74. The summed E-state index contributed by atoms with van der Waals surface area (Å²) in [7, 11) is 1.61. The second-order valence-electron chi connectivity index (χ2n) is 9.77. The molecule has 0 amide bonds. The summed E-state index contributed by atoms with van der Waals surface area (Å²) in [6, 6.07) is 10.2. The van der Waals surface area contributed by atoms with Crippen molar-refractivity contribution < 1.29 is 43.3 Å². The van der Waals surface area contributed by atoms with Crippen molar-refractivity contribution in [3.8, 4) is 34.3 Å². The Morgan fingerprint density at radius 2 is 1.82 bits per heavy atom. The molecule has 3 aromatic rings. The largest absolute Gasteiger partial charge is 0.493 e. The van der Waals surface area contributed by atoms with Gasteiger partial charge in [-0.25, -0.2) is 0 Å². The minimum Gasteiger partial charge on any atom is -0.493 e. The SMILES string of the molecule is CCC(CCCCCOc1c(OC)ccc2cc3[n+](cc12)CCc1cc2c(cc1-3)OCO2)(C(=O)O)C(=O)O. The third-order valence-corrected chi connectivity index (χ3v) is 7.71. The first-order valence-corrected chi connectivity index (χ1v) is 12.9. The smallest absolute Gasteiger partial charge is 0.321 e. The quantitative estimate of drug-likeness (QED) is 0.213. The number of benzene rings is 2. The highest BCUT2D eigenvalue weighted by Gasteiger charge is 2.44. The molecule has 0 unspecified atom stereocenters. The van der Waals surface area contributed by atoms with Crippen LogP contribution < -0.4 is 23.5 Å². The average molecular weight is 523 g/mol. The zero-order valence-corrected chi connectivity index (χ0v) is 21.6. The highest BCUT2D eigenvalue weighted by Crippen LogP contribution is 2.41. The Bertz CT molecular complexity index is 1390. The second kappa shape index (κ2) is 10.4. The summed E-state index contributed by atoms with van der Waals surface area (Å²) in [5.74, 6) is 0.301. The Kier molecular flexibility index (Phi) is 7.01. The molecule has 38 heavy (non-hydrogen) atoms. The summed E-state index contributed by atoms with van der Waals surface area (Å²) < 4.78 is 25.2. The molecule has 0 bridgehead atoms. The van der Waals surface area contributed by atoms with Gasteiger partial charge in [0.05, 0.1) is 24.7 Å². The molecule has 3 heterocycles. The molecule has 5 rings (SSSR count). The lowest BCUT2D eigenvalue weighted by molar-refractivity contribution is -0.686. The van der Waals surface area contributed by atoms with Crippen molar-refractivity contribution >= 4 is 22.7 Å². The van der Waals surface area contributed by atoms with Crippen molar-refractivity contribution in [2.24, 2.45) is 5.41 Å². The van der Waals surface area contributed by atoms with E-state index in [1.807, 2.05) is 12.1 Å². The Morgan fingerprint density at radius 1 is 1.05 bits per heavy atom. The molecule has 0 spiro atoms. The van der Waals surface area contributed by atoms with Crippen molar-refractivity contribution in [2.75, 3.05) is 20.5 Å². The first-order chi connectivity index (χ1) is 18.4. The Balaban J connectivity index is 1.32. The molecule has 200 valence electrons. The van der Waals surface area contributed by atoms with E-state index in [1.165, 1.54) is 5.56 Å². The fraction of sp³-hybridized carbons (Fsp3) is 0.414. The van der Waals surface area contributed by atoms with Gasteiger partial charge < -0.3 is 29.2 Å². The molecular formula is C29H32NO8+. The molecule has 0 atom stereocenters. The zero-order chi connectivity index (χ0) is 26.9. The number of pyridine rings is 1.